The summed E-state index contributed by atoms with van der Waals surface area (Å²) in [6.07, 6.45) is 5.22. The highest BCUT2D eigenvalue weighted by atomic mass is 16.4. The van der Waals surface area contributed by atoms with Gasteiger partial charge in [0.25, 0.3) is 0 Å². The number of carbonyl (C=O) groups is 2. The van der Waals surface area contributed by atoms with E-state index in [4.69, 9.17) is 5.11 Å². The molecular weight excluding hydrogens is 308 g/mol. The minimum atomic E-state index is -0.988. The quantitative estimate of drug-likeness (QED) is 0.727. The maximum absolute atomic E-state index is 12.0. The molecule has 2 rings (SSSR count). The van der Waals surface area contributed by atoms with Gasteiger partial charge >= 0.3 is 5.97 Å². The molecule has 1 aromatic heterocycles. The number of rotatable bonds is 9. The Kier molecular flexibility index (Phi) is 6.48. The average molecular weight is 330 g/mol. The number of unbranched alkanes of at least 4 members (excludes halogenated alkanes) is 1. The second kappa shape index (κ2) is 8.81. The van der Waals surface area contributed by atoms with Gasteiger partial charge in [-0.2, -0.15) is 0 Å². The lowest BCUT2D eigenvalue weighted by Crippen LogP contribution is -2.24. The zero-order valence-corrected chi connectivity index (χ0v) is 13.7. The van der Waals surface area contributed by atoms with Gasteiger partial charge in [-0.15, -0.1) is 5.10 Å². The fourth-order valence-corrected chi connectivity index (χ4v) is 2.28. The molecule has 0 radical (unpaired) electrons. The van der Waals surface area contributed by atoms with E-state index >= 15 is 0 Å². The van der Waals surface area contributed by atoms with Crippen LogP contribution < -0.4 is 5.32 Å². The zero-order chi connectivity index (χ0) is 17.4. The van der Waals surface area contributed by atoms with Crippen LogP contribution >= 0.6 is 0 Å². The Hall–Kier alpha value is -2.70. The normalized spacial score (nSPS) is 10.5. The van der Waals surface area contributed by atoms with Crippen molar-refractivity contribution in [1.29, 1.82) is 0 Å². The van der Waals surface area contributed by atoms with Gasteiger partial charge in [-0.25, -0.2) is 4.68 Å². The number of carboxylic acids is 1. The van der Waals surface area contributed by atoms with Crippen molar-refractivity contribution >= 4 is 11.9 Å². The van der Waals surface area contributed by atoms with E-state index in [2.05, 4.69) is 34.7 Å². The van der Waals surface area contributed by atoms with Gasteiger partial charge in [-0.05, 0) is 24.0 Å². The van der Waals surface area contributed by atoms with E-state index in [9.17, 15) is 9.59 Å². The van der Waals surface area contributed by atoms with E-state index in [0.717, 1.165) is 12.0 Å². The van der Waals surface area contributed by atoms with Gasteiger partial charge in [0.05, 0.1) is 19.2 Å². The van der Waals surface area contributed by atoms with Crippen LogP contribution in [0, 0.1) is 0 Å². The Bertz CT molecular complexity index is 679. The molecule has 7 heteroatoms. The smallest absolute Gasteiger partial charge is 0.325 e. The number of aliphatic carboxylic acids is 1. The van der Waals surface area contributed by atoms with Crippen LogP contribution in [0.15, 0.2) is 30.5 Å². The lowest BCUT2D eigenvalue weighted by molar-refractivity contribution is -0.138. The van der Waals surface area contributed by atoms with E-state index in [1.807, 2.05) is 12.1 Å². The molecule has 0 saturated heterocycles. The first kappa shape index (κ1) is 17.7. The summed E-state index contributed by atoms with van der Waals surface area (Å²) in [5.74, 6) is -1.10. The van der Waals surface area contributed by atoms with E-state index in [1.165, 1.54) is 29.3 Å². The molecule has 0 spiro atoms. The Morgan fingerprint density at radius 1 is 1.21 bits per heavy atom. The van der Waals surface area contributed by atoms with Crippen molar-refractivity contribution in [1.82, 2.24) is 20.3 Å². The van der Waals surface area contributed by atoms with Crippen LogP contribution in [0.25, 0.3) is 0 Å². The van der Waals surface area contributed by atoms with Crippen LogP contribution in [0.3, 0.4) is 0 Å². The summed E-state index contributed by atoms with van der Waals surface area (Å²) in [5, 5.41) is 18.9. The Morgan fingerprint density at radius 2 is 1.92 bits per heavy atom. The van der Waals surface area contributed by atoms with Crippen LogP contribution in [0.5, 0.6) is 0 Å². The topological polar surface area (TPSA) is 97.1 Å². The first-order valence-electron chi connectivity index (χ1n) is 8.02. The summed E-state index contributed by atoms with van der Waals surface area (Å²) < 4.78 is 1.22. The lowest BCUT2D eigenvalue weighted by atomic mass is 10.0. The highest BCUT2D eigenvalue weighted by Crippen LogP contribution is 2.08. The zero-order valence-electron chi connectivity index (χ0n) is 13.7. The number of aromatic nitrogens is 3. The molecule has 0 bridgehead atoms. The Morgan fingerprint density at radius 3 is 2.58 bits per heavy atom. The third-order valence-corrected chi connectivity index (χ3v) is 3.56. The van der Waals surface area contributed by atoms with Gasteiger partial charge in [0.2, 0.25) is 5.91 Å². The molecule has 0 aliphatic heterocycles. The van der Waals surface area contributed by atoms with E-state index in [-0.39, 0.29) is 19.0 Å². The van der Waals surface area contributed by atoms with Gasteiger partial charge in [-0.3, -0.25) is 9.59 Å². The number of nitrogens with one attached hydrogen (secondary N) is 1. The van der Waals surface area contributed by atoms with Crippen LogP contribution in [0.4, 0.5) is 0 Å². The van der Waals surface area contributed by atoms with Crippen molar-refractivity contribution < 1.29 is 14.7 Å². The maximum atomic E-state index is 12.0. The molecule has 2 N–H and O–H groups in total. The molecule has 0 unspecified atom stereocenters. The first-order valence-corrected chi connectivity index (χ1v) is 8.02. The van der Waals surface area contributed by atoms with Gasteiger partial charge in [0.1, 0.15) is 12.2 Å². The number of nitrogens with zero attached hydrogens (tertiary/aromatic N) is 3. The van der Waals surface area contributed by atoms with Gasteiger partial charge in [0, 0.05) is 0 Å². The molecule has 7 nitrogen and oxygen atoms in total. The summed E-state index contributed by atoms with van der Waals surface area (Å²) in [7, 11) is 0. The molecule has 0 saturated carbocycles. The van der Waals surface area contributed by atoms with Crippen molar-refractivity contribution in [3.63, 3.8) is 0 Å². The summed E-state index contributed by atoms with van der Waals surface area (Å²) in [6.45, 7) is 2.15. The largest absolute Gasteiger partial charge is 0.480 e. The molecule has 1 heterocycles. The monoisotopic (exact) mass is 330 g/mol. The highest BCUT2D eigenvalue weighted by molar-refractivity contribution is 5.78. The van der Waals surface area contributed by atoms with Gasteiger partial charge in [-0.1, -0.05) is 42.8 Å². The molecule has 1 aromatic carbocycles. The number of carboxylic acid groups (broad SMARTS) is 1. The number of hydrogen-bond donors (Lipinski definition) is 2. The number of benzene rings is 1. The molecule has 128 valence electrons. The molecule has 1 amide bonds. The van der Waals surface area contributed by atoms with E-state index < -0.39 is 5.97 Å². The van der Waals surface area contributed by atoms with Crippen molar-refractivity contribution in [2.45, 2.75) is 45.7 Å². The van der Waals surface area contributed by atoms with Crippen LogP contribution in [0.1, 0.15) is 36.6 Å². The number of aryl methyl sites for hydroxylation is 1. The first-order chi connectivity index (χ1) is 11.6. The van der Waals surface area contributed by atoms with Crippen molar-refractivity contribution in [2.75, 3.05) is 0 Å². The third kappa shape index (κ3) is 5.83. The molecule has 0 aliphatic rings. The molecule has 2 aromatic rings. The average Bonchev–Trinajstić information content (AvgIpc) is 2.99. The van der Waals surface area contributed by atoms with Gasteiger partial charge in [0.15, 0.2) is 0 Å². The minimum Gasteiger partial charge on any atom is -0.480 e. The van der Waals surface area contributed by atoms with Gasteiger partial charge < -0.3 is 10.4 Å². The minimum absolute atomic E-state index is 0.107. The second-order valence-electron chi connectivity index (χ2n) is 5.67. The maximum Gasteiger partial charge on any atom is 0.325 e. The second-order valence-corrected chi connectivity index (χ2v) is 5.67. The number of carbonyl (C=O) groups excluding carboxylic acids is 1. The van der Waals surface area contributed by atoms with Crippen molar-refractivity contribution in [2.24, 2.45) is 0 Å². The van der Waals surface area contributed by atoms with Crippen LogP contribution in [-0.4, -0.2) is 32.0 Å². The molecule has 24 heavy (non-hydrogen) atoms. The Balaban J connectivity index is 1.78. The summed E-state index contributed by atoms with van der Waals surface area (Å²) in [5.41, 5.74) is 2.78. The molecular formula is C17H22N4O3. The fourth-order valence-electron chi connectivity index (χ4n) is 2.28. The molecule has 0 atom stereocenters. The Labute approximate surface area is 140 Å². The number of hydrogen-bond acceptors (Lipinski definition) is 4. The van der Waals surface area contributed by atoms with Crippen LogP contribution in [-0.2, 0) is 35.5 Å². The molecule has 0 fully saturated rings. The predicted molar refractivity (Wildman–Crippen MR) is 88.3 cm³/mol. The van der Waals surface area contributed by atoms with E-state index in [0.29, 0.717) is 12.1 Å². The van der Waals surface area contributed by atoms with E-state index in [1.54, 1.807) is 0 Å². The lowest BCUT2D eigenvalue weighted by Gasteiger charge is -2.05. The highest BCUT2D eigenvalue weighted by Gasteiger charge is 2.07. The summed E-state index contributed by atoms with van der Waals surface area (Å²) in [6, 6.07) is 8.09. The molecule has 0 aliphatic carbocycles. The van der Waals surface area contributed by atoms with Crippen molar-refractivity contribution in [3.05, 3.63) is 47.3 Å². The summed E-state index contributed by atoms with van der Waals surface area (Å²) >= 11 is 0. The third-order valence-electron chi connectivity index (χ3n) is 3.56. The van der Waals surface area contributed by atoms with Crippen LogP contribution in [0.2, 0.25) is 0 Å². The number of amides is 1. The fraction of sp³-hybridized carbons (Fsp3) is 0.412. The predicted octanol–water partition coefficient (Wildman–Crippen LogP) is 1.56. The standard InChI is InChI=1S/C17H22N4O3/c1-2-3-4-13-5-7-14(8-6-13)9-16(22)18-10-15-11-21(20-19-15)12-17(23)24/h5-8,11H,2-4,9-10,12H2,1H3,(H,18,22)(H,23,24). The SMILES string of the molecule is CCCCc1ccc(CC(=O)NCc2cn(CC(=O)O)nn2)cc1. The summed E-state index contributed by atoms with van der Waals surface area (Å²) in [4.78, 5) is 22.5. The van der Waals surface area contributed by atoms with Crippen molar-refractivity contribution in [3.8, 4) is 0 Å².